The van der Waals surface area contributed by atoms with Crippen molar-refractivity contribution in [1.82, 2.24) is 20.2 Å². The van der Waals surface area contributed by atoms with Gasteiger partial charge in [0.15, 0.2) is 0 Å². The van der Waals surface area contributed by atoms with Crippen molar-refractivity contribution in [3.8, 4) is 17.1 Å². The second-order valence-corrected chi connectivity index (χ2v) is 7.07. The van der Waals surface area contributed by atoms with E-state index in [9.17, 15) is 0 Å². The highest BCUT2D eigenvalue weighted by atomic mass is 16.5. The summed E-state index contributed by atoms with van der Waals surface area (Å²) in [7, 11) is 0. The number of pyridine rings is 2. The lowest BCUT2D eigenvalue weighted by Crippen LogP contribution is -2.19. The van der Waals surface area contributed by atoms with Gasteiger partial charge in [0.1, 0.15) is 5.69 Å². The van der Waals surface area contributed by atoms with Crippen LogP contribution in [0.2, 0.25) is 0 Å². The maximum atomic E-state index is 8.35. The van der Waals surface area contributed by atoms with Crippen molar-refractivity contribution in [2.24, 2.45) is 0 Å². The molecule has 0 aliphatic carbocycles. The summed E-state index contributed by atoms with van der Waals surface area (Å²) in [6.45, 7) is 8.97. The first-order chi connectivity index (χ1) is 14.5. The number of H-pyrrole nitrogens is 1. The van der Waals surface area contributed by atoms with Crippen molar-refractivity contribution in [2.75, 3.05) is 17.2 Å². The monoisotopic (exact) mass is 407 g/mol. The van der Waals surface area contributed by atoms with E-state index >= 15 is 0 Å². The van der Waals surface area contributed by atoms with Crippen molar-refractivity contribution in [1.29, 1.82) is 5.41 Å². The molecule has 0 amide bonds. The highest BCUT2D eigenvalue weighted by Crippen LogP contribution is 2.34. The van der Waals surface area contributed by atoms with Gasteiger partial charge in [-0.3, -0.25) is 5.10 Å². The van der Waals surface area contributed by atoms with E-state index in [1.54, 1.807) is 19.3 Å². The molecule has 8 heteroatoms. The number of nitrogens with one attached hydrogen (secondary N) is 4. The SMILES string of the molecule is CCOc1ncccc1-c1cc(NCc2cc[nH]n2)c(NC(C)CC)c(C(C)=N)n1. The predicted octanol–water partition coefficient (Wildman–Crippen LogP) is 4.48. The molecule has 0 spiro atoms. The molecule has 4 N–H and O–H groups in total. The van der Waals surface area contributed by atoms with Crippen LogP contribution in [0.4, 0.5) is 11.4 Å². The topological polar surface area (TPSA) is 112 Å². The molecule has 8 nitrogen and oxygen atoms in total. The van der Waals surface area contributed by atoms with Gasteiger partial charge >= 0.3 is 0 Å². The fourth-order valence-electron chi connectivity index (χ4n) is 3.00. The van der Waals surface area contributed by atoms with Gasteiger partial charge in [0.2, 0.25) is 5.88 Å². The number of anilines is 2. The second-order valence-electron chi connectivity index (χ2n) is 7.07. The molecule has 0 aliphatic rings. The minimum Gasteiger partial charge on any atom is -0.477 e. The van der Waals surface area contributed by atoms with Gasteiger partial charge in [0, 0.05) is 18.4 Å². The Morgan fingerprint density at radius 3 is 2.80 bits per heavy atom. The first-order valence-electron chi connectivity index (χ1n) is 10.2. The van der Waals surface area contributed by atoms with Crippen molar-refractivity contribution >= 4 is 17.1 Å². The number of aromatic nitrogens is 4. The summed E-state index contributed by atoms with van der Waals surface area (Å²) >= 11 is 0. The Bertz CT molecular complexity index is 985. The summed E-state index contributed by atoms with van der Waals surface area (Å²) in [6, 6.07) is 7.93. The minimum absolute atomic E-state index is 0.235. The molecule has 0 saturated carbocycles. The Labute approximate surface area is 177 Å². The van der Waals surface area contributed by atoms with Gasteiger partial charge in [-0.2, -0.15) is 5.10 Å². The van der Waals surface area contributed by atoms with Crippen molar-refractivity contribution in [3.05, 3.63) is 48.0 Å². The zero-order valence-corrected chi connectivity index (χ0v) is 17.9. The molecule has 0 saturated heterocycles. The third kappa shape index (κ3) is 4.94. The van der Waals surface area contributed by atoms with Crippen LogP contribution < -0.4 is 15.4 Å². The van der Waals surface area contributed by atoms with Gasteiger partial charge in [0.05, 0.1) is 47.2 Å². The van der Waals surface area contributed by atoms with Gasteiger partial charge < -0.3 is 20.8 Å². The van der Waals surface area contributed by atoms with Crippen LogP contribution in [0, 0.1) is 5.41 Å². The van der Waals surface area contributed by atoms with Crippen molar-refractivity contribution < 1.29 is 4.74 Å². The lowest BCUT2D eigenvalue weighted by atomic mass is 10.1. The molecule has 0 radical (unpaired) electrons. The number of ether oxygens (including phenoxy) is 1. The maximum absolute atomic E-state index is 8.35. The van der Waals surface area contributed by atoms with Crippen LogP contribution in [0.1, 0.15) is 45.5 Å². The summed E-state index contributed by atoms with van der Waals surface area (Å²) in [6.07, 6.45) is 4.45. The van der Waals surface area contributed by atoms with Gasteiger partial charge in [-0.15, -0.1) is 0 Å². The van der Waals surface area contributed by atoms with E-state index in [-0.39, 0.29) is 6.04 Å². The summed E-state index contributed by atoms with van der Waals surface area (Å²) in [5.41, 5.74) is 5.05. The van der Waals surface area contributed by atoms with Gasteiger partial charge in [-0.25, -0.2) is 9.97 Å². The quantitative estimate of drug-likeness (QED) is 0.369. The Kier molecular flexibility index (Phi) is 7.00. The van der Waals surface area contributed by atoms with Crippen LogP contribution in [-0.2, 0) is 6.54 Å². The summed E-state index contributed by atoms with van der Waals surface area (Å²) in [5.74, 6) is 0.530. The zero-order valence-electron chi connectivity index (χ0n) is 17.9. The Morgan fingerprint density at radius 2 is 2.13 bits per heavy atom. The number of rotatable bonds is 10. The van der Waals surface area contributed by atoms with E-state index in [2.05, 4.69) is 39.7 Å². The third-order valence-electron chi connectivity index (χ3n) is 4.72. The minimum atomic E-state index is 0.235. The normalized spacial score (nSPS) is 11.7. The lowest BCUT2D eigenvalue weighted by molar-refractivity contribution is 0.328. The van der Waals surface area contributed by atoms with E-state index in [0.29, 0.717) is 36.1 Å². The fourth-order valence-corrected chi connectivity index (χ4v) is 3.00. The summed E-state index contributed by atoms with van der Waals surface area (Å²) in [4.78, 5) is 9.16. The number of nitrogens with zero attached hydrogens (tertiary/aromatic N) is 3. The molecule has 158 valence electrons. The van der Waals surface area contributed by atoms with Gasteiger partial charge in [0.25, 0.3) is 0 Å². The molecule has 0 aliphatic heterocycles. The number of hydrogen-bond acceptors (Lipinski definition) is 7. The largest absolute Gasteiger partial charge is 0.477 e. The van der Waals surface area contributed by atoms with Crippen LogP contribution in [-0.4, -0.2) is 38.5 Å². The predicted molar refractivity (Wildman–Crippen MR) is 120 cm³/mol. The van der Waals surface area contributed by atoms with Crippen LogP contribution in [0.25, 0.3) is 11.3 Å². The molecule has 30 heavy (non-hydrogen) atoms. The fraction of sp³-hybridized carbons (Fsp3) is 0.364. The van der Waals surface area contributed by atoms with Gasteiger partial charge in [-0.05, 0) is 51.5 Å². The molecule has 0 fully saturated rings. The lowest BCUT2D eigenvalue weighted by Gasteiger charge is -2.22. The second kappa shape index (κ2) is 9.87. The number of hydrogen-bond donors (Lipinski definition) is 4. The molecule has 1 unspecified atom stereocenters. The molecule has 3 aromatic rings. The third-order valence-corrected chi connectivity index (χ3v) is 4.72. The van der Waals surface area contributed by atoms with E-state index in [1.807, 2.05) is 31.2 Å². The van der Waals surface area contributed by atoms with E-state index in [4.69, 9.17) is 15.1 Å². The Balaban J connectivity index is 2.11. The van der Waals surface area contributed by atoms with E-state index in [0.717, 1.165) is 29.1 Å². The molecule has 1 atom stereocenters. The molecule has 0 aromatic carbocycles. The Hall–Kier alpha value is -3.42. The van der Waals surface area contributed by atoms with Crippen molar-refractivity contribution in [2.45, 2.75) is 46.7 Å². The van der Waals surface area contributed by atoms with Crippen LogP contribution in [0.15, 0.2) is 36.7 Å². The van der Waals surface area contributed by atoms with E-state index < -0.39 is 0 Å². The maximum Gasteiger partial charge on any atom is 0.222 e. The molecular weight excluding hydrogens is 378 g/mol. The van der Waals surface area contributed by atoms with E-state index in [1.165, 1.54) is 0 Å². The highest BCUT2D eigenvalue weighted by Gasteiger charge is 2.19. The average molecular weight is 408 g/mol. The summed E-state index contributed by atoms with van der Waals surface area (Å²) in [5, 5.41) is 22.4. The van der Waals surface area contributed by atoms with Crippen molar-refractivity contribution in [3.63, 3.8) is 0 Å². The first kappa shape index (κ1) is 21.3. The number of aromatic amines is 1. The molecule has 3 heterocycles. The molecule has 0 bridgehead atoms. The standard InChI is InChI=1S/C22H29N7O/c1-5-14(3)27-21-19(25-13-16-9-11-26-29-16)12-18(28-20(21)15(4)23)17-8-7-10-24-22(17)30-6-2/h7-12,14,23,27H,5-6,13H2,1-4H3,(H,25,28)(H,26,29). The highest BCUT2D eigenvalue weighted by molar-refractivity contribution is 6.03. The molecule has 3 rings (SSSR count). The van der Waals surface area contributed by atoms with Crippen LogP contribution in [0.3, 0.4) is 0 Å². The molecule has 3 aromatic heterocycles. The van der Waals surface area contributed by atoms with Crippen LogP contribution >= 0.6 is 0 Å². The smallest absolute Gasteiger partial charge is 0.222 e. The summed E-state index contributed by atoms with van der Waals surface area (Å²) < 4.78 is 5.71. The zero-order chi connectivity index (χ0) is 21.5. The van der Waals surface area contributed by atoms with Crippen LogP contribution in [0.5, 0.6) is 5.88 Å². The molecular formula is C22H29N7O. The average Bonchev–Trinajstić information content (AvgIpc) is 3.27. The Morgan fingerprint density at radius 1 is 1.30 bits per heavy atom. The first-order valence-corrected chi connectivity index (χ1v) is 10.2. The van der Waals surface area contributed by atoms with Gasteiger partial charge in [-0.1, -0.05) is 6.92 Å².